The van der Waals surface area contributed by atoms with E-state index >= 15 is 0 Å². The first-order valence-electron chi connectivity index (χ1n) is 4.65. The molecule has 0 fully saturated rings. The second kappa shape index (κ2) is 5.52. The molecule has 0 amide bonds. The first-order valence-corrected chi connectivity index (χ1v) is 4.65. The van der Waals surface area contributed by atoms with Crippen molar-refractivity contribution < 1.29 is 17.9 Å². The lowest BCUT2D eigenvalue weighted by molar-refractivity contribution is -0.146. The SMILES string of the molecule is N#Cc1ccccc1COCCC(F)(F)F. The van der Waals surface area contributed by atoms with Crippen molar-refractivity contribution in [1.82, 2.24) is 0 Å². The number of rotatable bonds is 4. The highest BCUT2D eigenvalue weighted by Gasteiger charge is 2.26. The van der Waals surface area contributed by atoms with Gasteiger partial charge in [0, 0.05) is 0 Å². The Kier molecular flexibility index (Phi) is 4.32. The predicted molar refractivity (Wildman–Crippen MR) is 51.5 cm³/mol. The summed E-state index contributed by atoms with van der Waals surface area (Å²) in [6.07, 6.45) is -5.17. The van der Waals surface area contributed by atoms with Crippen molar-refractivity contribution in [2.45, 2.75) is 19.2 Å². The molecular weight excluding hydrogens is 219 g/mol. The summed E-state index contributed by atoms with van der Waals surface area (Å²) in [6.45, 7) is -0.358. The number of benzene rings is 1. The van der Waals surface area contributed by atoms with Gasteiger partial charge in [0.2, 0.25) is 0 Å². The van der Waals surface area contributed by atoms with Gasteiger partial charge in [-0.15, -0.1) is 0 Å². The van der Waals surface area contributed by atoms with Gasteiger partial charge in [-0.05, 0) is 11.6 Å². The Balaban J connectivity index is 2.41. The first-order chi connectivity index (χ1) is 7.53. The lowest BCUT2D eigenvalue weighted by Crippen LogP contribution is -2.11. The van der Waals surface area contributed by atoms with Crippen LogP contribution in [0, 0.1) is 11.3 Å². The van der Waals surface area contributed by atoms with Gasteiger partial charge >= 0.3 is 6.18 Å². The molecule has 0 aromatic heterocycles. The minimum Gasteiger partial charge on any atom is -0.376 e. The van der Waals surface area contributed by atoms with Crippen LogP contribution in [0.4, 0.5) is 13.2 Å². The number of halogens is 3. The van der Waals surface area contributed by atoms with E-state index in [1.54, 1.807) is 24.3 Å². The first kappa shape index (κ1) is 12.5. The third-order valence-electron chi connectivity index (χ3n) is 1.93. The van der Waals surface area contributed by atoms with Crippen LogP contribution in [0.2, 0.25) is 0 Å². The van der Waals surface area contributed by atoms with E-state index in [1.165, 1.54) is 0 Å². The summed E-state index contributed by atoms with van der Waals surface area (Å²) < 4.78 is 40.3. The molecule has 2 nitrogen and oxygen atoms in total. The van der Waals surface area contributed by atoms with Crippen LogP contribution in [0.15, 0.2) is 24.3 Å². The highest BCUT2D eigenvalue weighted by molar-refractivity contribution is 5.36. The number of ether oxygens (including phenoxy) is 1. The highest BCUT2D eigenvalue weighted by Crippen LogP contribution is 2.19. The van der Waals surface area contributed by atoms with E-state index in [4.69, 9.17) is 10.00 Å². The molecular formula is C11H10F3NO. The Morgan fingerprint density at radius 2 is 1.94 bits per heavy atom. The predicted octanol–water partition coefficient (Wildman–Crippen LogP) is 3.03. The zero-order chi connectivity index (χ0) is 12.0. The molecule has 0 aliphatic rings. The molecule has 0 heterocycles. The zero-order valence-electron chi connectivity index (χ0n) is 8.42. The summed E-state index contributed by atoms with van der Waals surface area (Å²) in [5.74, 6) is 0. The molecule has 0 atom stereocenters. The largest absolute Gasteiger partial charge is 0.391 e. The van der Waals surface area contributed by atoms with E-state index in [2.05, 4.69) is 0 Å². The normalized spacial score (nSPS) is 11.1. The van der Waals surface area contributed by atoms with Gasteiger partial charge in [0.25, 0.3) is 0 Å². The van der Waals surface area contributed by atoms with Gasteiger partial charge in [-0.1, -0.05) is 18.2 Å². The van der Waals surface area contributed by atoms with Crippen LogP contribution in [0.3, 0.4) is 0 Å². The van der Waals surface area contributed by atoms with Gasteiger partial charge < -0.3 is 4.74 Å². The Morgan fingerprint density at radius 1 is 1.25 bits per heavy atom. The van der Waals surface area contributed by atoms with E-state index < -0.39 is 12.6 Å². The third-order valence-corrected chi connectivity index (χ3v) is 1.93. The topological polar surface area (TPSA) is 33.0 Å². The van der Waals surface area contributed by atoms with Crippen molar-refractivity contribution in [3.05, 3.63) is 35.4 Å². The van der Waals surface area contributed by atoms with E-state index in [-0.39, 0.29) is 13.2 Å². The highest BCUT2D eigenvalue weighted by atomic mass is 19.4. The number of hydrogen-bond acceptors (Lipinski definition) is 2. The average Bonchev–Trinajstić information content (AvgIpc) is 2.23. The van der Waals surface area contributed by atoms with Crippen LogP contribution in [-0.4, -0.2) is 12.8 Å². The number of nitrogens with zero attached hydrogens (tertiary/aromatic N) is 1. The zero-order valence-corrected chi connectivity index (χ0v) is 8.42. The van der Waals surface area contributed by atoms with Crippen molar-refractivity contribution in [1.29, 1.82) is 5.26 Å². The molecule has 0 spiro atoms. The summed E-state index contributed by atoms with van der Waals surface area (Å²) in [6, 6.07) is 8.61. The summed E-state index contributed by atoms with van der Waals surface area (Å²) in [4.78, 5) is 0. The molecule has 0 radical (unpaired) electrons. The van der Waals surface area contributed by atoms with Gasteiger partial charge in [0.05, 0.1) is 31.3 Å². The lowest BCUT2D eigenvalue weighted by Gasteiger charge is -2.07. The smallest absolute Gasteiger partial charge is 0.376 e. The molecule has 86 valence electrons. The van der Waals surface area contributed by atoms with Crippen molar-refractivity contribution in [2.75, 3.05) is 6.61 Å². The maximum atomic E-state index is 11.8. The maximum Gasteiger partial charge on any atom is 0.391 e. The Bertz CT molecular complexity index is 382. The monoisotopic (exact) mass is 229 g/mol. The van der Waals surface area contributed by atoms with Gasteiger partial charge in [-0.3, -0.25) is 0 Å². The Labute approximate surface area is 91.3 Å². The van der Waals surface area contributed by atoms with Crippen LogP contribution in [0.5, 0.6) is 0 Å². The minimum absolute atomic E-state index is 0.0276. The van der Waals surface area contributed by atoms with E-state index in [0.717, 1.165) is 0 Å². The van der Waals surface area contributed by atoms with Crippen LogP contribution in [0.1, 0.15) is 17.5 Å². The van der Waals surface area contributed by atoms with Gasteiger partial charge in [-0.25, -0.2) is 0 Å². The number of nitriles is 1. The molecule has 5 heteroatoms. The van der Waals surface area contributed by atoms with Crippen molar-refractivity contribution in [3.63, 3.8) is 0 Å². The summed E-state index contributed by atoms with van der Waals surface area (Å²) >= 11 is 0. The Morgan fingerprint density at radius 3 is 2.56 bits per heavy atom. The minimum atomic E-state index is -4.20. The molecule has 0 unspecified atom stereocenters. The lowest BCUT2D eigenvalue weighted by atomic mass is 10.1. The van der Waals surface area contributed by atoms with Crippen LogP contribution >= 0.6 is 0 Å². The van der Waals surface area contributed by atoms with Crippen molar-refractivity contribution in [3.8, 4) is 6.07 Å². The van der Waals surface area contributed by atoms with Crippen LogP contribution < -0.4 is 0 Å². The second-order valence-corrected chi connectivity index (χ2v) is 3.19. The van der Waals surface area contributed by atoms with Gasteiger partial charge in [0.15, 0.2) is 0 Å². The third kappa shape index (κ3) is 4.32. The fraction of sp³-hybridized carbons (Fsp3) is 0.364. The summed E-state index contributed by atoms with van der Waals surface area (Å²) in [7, 11) is 0. The molecule has 0 saturated heterocycles. The van der Waals surface area contributed by atoms with Crippen LogP contribution in [0.25, 0.3) is 0 Å². The molecule has 1 rings (SSSR count). The summed E-state index contributed by atoms with van der Waals surface area (Å²) in [5, 5.41) is 8.72. The molecule has 0 aliphatic carbocycles. The average molecular weight is 229 g/mol. The standard InChI is InChI=1S/C11H10F3NO/c12-11(13,14)5-6-16-8-10-4-2-1-3-9(10)7-15/h1-4H,5-6,8H2. The number of alkyl halides is 3. The van der Waals surface area contributed by atoms with Gasteiger partial charge in [0.1, 0.15) is 0 Å². The molecule has 1 aromatic rings. The van der Waals surface area contributed by atoms with Crippen LogP contribution in [-0.2, 0) is 11.3 Å². The number of hydrogen-bond donors (Lipinski definition) is 0. The van der Waals surface area contributed by atoms with E-state index in [9.17, 15) is 13.2 Å². The fourth-order valence-corrected chi connectivity index (χ4v) is 1.13. The Hall–Kier alpha value is -1.54. The van der Waals surface area contributed by atoms with E-state index in [1.807, 2.05) is 6.07 Å². The van der Waals surface area contributed by atoms with Gasteiger partial charge in [-0.2, -0.15) is 18.4 Å². The molecule has 0 aliphatic heterocycles. The molecule has 16 heavy (non-hydrogen) atoms. The van der Waals surface area contributed by atoms with Crippen molar-refractivity contribution >= 4 is 0 Å². The van der Waals surface area contributed by atoms with Crippen molar-refractivity contribution in [2.24, 2.45) is 0 Å². The van der Waals surface area contributed by atoms with E-state index in [0.29, 0.717) is 11.1 Å². The molecule has 0 bridgehead atoms. The molecule has 1 aromatic carbocycles. The fourth-order valence-electron chi connectivity index (χ4n) is 1.13. The molecule has 0 saturated carbocycles. The second-order valence-electron chi connectivity index (χ2n) is 3.19. The maximum absolute atomic E-state index is 11.8. The summed E-state index contributed by atoms with van der Waals surface area (Å²) in [5.41, 5.74) is 1.03. The molecule has 0 N–H and O–H groups in total. The quantitative estimate of drug-likeness (QED) is 0.743.